The van der Waals surface area contributed by atoms with Gasteiger partial charge in [0.1, 0.15) is 0 Å². The quantitative estimate of drug-likeness (QED) is 0.658. The molecule has 1 N–H and O–H groups in total. The number of likely N-dealkylation sites (tertiary alicyclic amines) is 1. The Kier molecular flexibility index (Phi) is 5.45. The second-order valence-corrected chi connectivity index (χ2v) is 9.21. The van der Waals surface area contributed by atoms with E-state index >= 15 is 0 Å². The van der Waals surface area contributed by atoms with Crippen LogP contribution in [0.4, 0.5) is 0 Å². The molecule has 3 aromatic rings. The lowest BCUT2D eigenvalue weighted by atomic mass is 9.77. The van der Waals surface area contributed by atoms with Crippen molar-refractivity contribution in [2.75, 3.05) is 20.1 Å². The Hall–Kier alpha value is -3.15. The minimum atomic E-state index is -0.102. The predicted octanol–water partition coefficient (Wildman–Crippen LogP) is 4.54. The topological polar surface area (TPSA) is 66.7 Å². The fourth-order valence-corrected chi connectivity index (χ4v) is 5.13. The number of carbonyl (C=O) groups excluding carboxylic acids is 2. The number of pyridine rings is 1. The molecule has 0 spiro atoms. The number of benzene rings is 1. The van der Waals surface area contributed by atoms with Gasteiger partial charge in [-0.25, -0.2) is 4.98 Å². The summed E-state index contributed by atoms with van der Waals surface area (Å²) in [5.41, 5.74) is 5.80. The van der Waals surface area contributed by atoms with E-state index in [1.807, 2.05) is 34.8 Å². The molecule has 2 aromatic heterocycles. The number of amides is 2. The second kappa shape index (κ2) is 8.41. The van der Waals surface area contributed by atoms with Crippen LogP contribution < -0.4 is 5.32 Å². The molecule has 0 radical (unpaired) electrons. The Labute approximate surface area is 190 Å². The normalized spacial score (nSPS) is 17.4. The second-order valence-electron chi connectivity index (χ2n) is 9.21. The van der Waals surface area contributed by atoms with Crippen LogP contribution >= 0.6 is 0 Å². The van der Waals surface area contributed by atoms with Crippen LogP contribution in [0.25, 0.3) is 5.52 Å². The molecule has 0 bridgehead atoms. The number of nitrogens with zero attached hydrogens (tertiary/aromatic N) is 3. The predicted molar refractivity (Wildman–Crippen MR) is 126 cm³/mol. The minimum Gasteiger partial charge on any atom is -0.355 e. The van der Waals surface area contributed by atoms with Crippen LogP contribution in [0, 0.1) is 6.92 Å². The molecule has 1 aliphatic carbocycles. The zero-order valence-electron chi connectivity index (χ0n) is 18.8. The number of hydrogen-bond donors (Lipinski definition) is 1. The number of nitrogens with one attached hydrogen (secondary N) is 1. The summed E-state index contributed by atoms with van der Waals surface area (Å²) in [5, 5.41) is 2.75. The molecule has 2 fully saturated rings. The lowest BCUT2D eigenvalue weighted by Crippen LogP contribution is -2.38. The zero-order valence-corrected chi connectivity index (χ0v) is 18.8. The highest BCUT2D eigenvalue weighted by Crippen LogP contribution is 2.39. The summed E-state index contributed by atoms with van der Waals surface area (Å²) in [7, 11) is 1.65. The molecular weight excluding hydrogens is 400 g/mol. The zero-order chi connectivity index (χ0) is 22.2. The third-order valence-corrected chi connectivity index (χ3v) is 7.34. The van der Waals surface area contributed by atoms with Gasteiger partial charge in [0.15, 0.2) is 0 Å². The highest BCUT2D eigenvalue weighted by Gasteiger charge is 2.29. The number of aromatic nitrogens is 2. The first-order valence-electron chi connectivity index (χ1n) is 11.6. The van der Waals surface area contributed by atoms with Crippen molar-refractivity contribution in [3.63, 3.8) is 0 Å². The molecule has 0 atom stereocenters. The highest BCUT2D eigenvalue weighted by atomic mass is 16.2. The van der Waals surface area contributed by atoms with Crippen molar-refractivity contribution < 1.29 is 11.0 Å². The molecule has 1 saturated carbocycles. The van der Waals surface area contributed by atoms with Crippen LogP contribution in [0.2, 0.25) is 0 Å². The monoisotopic (exact) mass is 432 g/mol. The average Bonchev–Trinajstić information content (AvgIpc) is 3.25. The van der Waals surface area contributed by atoms with Crippen molar-refractivity contribution in [2.45, 2.75) is 50.9 Å². The van der Waals surface area contributed by atoms with Gasteiger partial charge in [0, 0.05) is 38.9 Å². The largest absolute Gasteiger partial charge is 0.355 e. The van der Waals surface area contributed by atoms with Crippen LogP contribution in [0.1, 0.15) is 82.8 Å². The van der Waals surface area contributed by atoms with Crippen LogP contribution in [-0.4, -0.2) is 46.2 Å². The molecule has 2 amide bonds. The average molecular weight is 433 g/mol. The van der Waals surface area contributed by atoms with E-state index in [0.717, 1.165) is 55.4 Å². The van der Waals surface area contributed by atoms with Crippen molar-refractivity contribution in [1.82, 2.24) is 19.6 Å². The maximum Gasteiger partial charge on any atom is 0.254 e. The molecule has 6 nitrogen and oxygen atoms in total. The first-order valence-corrected chi connectivity index (χ1v) is 11.6. The third-order valence-electron chi connectivity index (χ3n) is 7.34. The van der Waals surface area contributed by atoms with E-state index in [2.05, 4.69) is 34.7 Å². The van der Waals surface area contributed by atoms with Gasteiger partial charge in [-0.05, 0) is 79.3 Å². The fourth-order valence-electron chi connectivity index (χ4n) is 5.13. The van der Waals surface area contributed by atoms with Gasteiger partial charge in [-0.2, -0.15) is 0 Å². The Morgan fingerprint density at radius 1 is 1.06 bits per heavy atom. The summed E-state index contributed by atoms with van der Waals surface area (Å²) in [4.78, 5) is 32.1. The third kappa shape index (κ3) is 3.68. The number of carbonyl (C=O) groups is 2. The van der Waals surface area contributed by atoms with Crippen LogP contribution in [0.5, 0.6) is 0 Å². The molecule has 1 aromatic carbocycles. The lowest BCUT2D eigenvalue weighted by Gasteiger charge is -2.33. The van der Waals surface area contributed by atoms with E-state index in [-0.39, 0.29) is 13.2 Å². The van der Waals surface area contributed by atoms with Crippen molar-refractivity contribution in [1.29, 1.82) is 0 Å². The SMILES string of the molecule is CNC(=O)c1cc(C(=O)N2CCC(c3ccn4cncc4c3)CC2)c(C)cc1C1CCC1.[HH]. The van der Waals surface area contributed by atoms with Gasteiger partial charge in [0.25, 0.3) is 11.8 Å². The van der Waals surface area contributed by atoms with E-state index in [1.165, 1.54) is 12.0 Å². The summed E-state index contributed by atoms with van der Waals surface area (Å²) < 4.78 is 2.02. The minimum absolute atomic E-state index is 0. The first kappa shape index (κ1) is 20.7. The summed E-state index contributed by atoms with van der Waals surface area (Å²) in [6.45, 7) is 3.46. The van der Waals surface area contributed by atoms with Gasteiger partial charge >= 0.3 is 0 Å². The van der Waals surface area contributed by atoms with Gasteiger partial charge in [-0.1, -0.05) is 12.5 Å². The molecule has 3 heterocycles. The van der Waals surface area contributed by atoms with E-state index in [1.54, 1.807) is 7.05 Å². The smallest absolute Gasteiger partial charge is 0.254 e. The summed E-state index contributed by atoms with van der Waals surface area (Å²) in [6.07, 6.45) is 11.1. The molecule has 6 heteroatoms. The Balaban J connectivity index is 0.00000259. The summed E-state index contributed by atoms with van der Waals surface area (Å²) in [6, 6.07) is 8.28. The standard InChI is InChI=1S/C26H30N4O2.H2/c1-17-12-23(19-4-3-5-19)24(25(31)27-2)14-22(17)26(32)29-9-6-18(7-10-29)20-8-11-30-16-28-15-21(30)13-20;/h8,11-16,18-19H,3-7,9-10H2,1-2H3,(H,27,31);1H. The van der Waals surface area contributed by atoms with Crippen molar-refractivity contribution in [2.24, 2.45) is 0 Å². The maximum atomic E-state index is 13.4. The molecule has 5 rings (SSSR count). The number of imidazole rings is 1. The number of aryl methyl sites for hydroxylation is 1. The number of rotatable bonds is 4. The molecule has 0 unspecified atom stereocenters. The van der Waals surface area contributed by atoms with Crippen LogP contribution in [-0.2, 0) is 0 Å². The van der Waals surface area contributed by atoms with Crippen molar-refractivity contribution in [3.05, 3.63) is 70.8 Å². The molecule has 1 aliphatic heterocycles. The van der Waals surface area contributed by atoms with E-state index in [4.69, 9.17) is 0 Å². The Morgan fingerprint density at radius 3 is 2.53 bits per heavy atom. The van der Waals surface area contributed by atoms with Crippen molar-refractivity contribution >= 4 is 17.3 Å². The van der Waals surface area contributed by atoms with Gasteiger partial charge in [0.2, 0.25) is 0 Å². The van der Waals surface area contributed by atoms with Crippen LogP contribution in [0.3, 0.4) is 0 Å². The van der Waals surface area contributed by atoms with E-state index < -0.39 is 0 Å². The van der Waals surface area contributed by atoms with Gasteiger partial charge in [0.05, 0.1) is 18.0 Å². The van der Waals surface area contributed by atoms with Gasteiger partial charge < -0.3 is 14.6 Å². The van der Waals surface area contributed by atoms with Gasteiger partial charge in [-0.15, -0.1) is 0 Å². The first-order chi connectivity index (χ1) is 15.5. The molecule has 1 saturated heterocycles. The number of piperidine rings is 1. The number of fused-ring (bicyclic) bond motifs is 1. The Bertz CT molecular complexity index is 1180. The number of hydrogen-bond acceptors (Lipinski definition) is 3. The fraction of sp³-hybridized carbons (Fsp3) is 0.423. The Morgan fingerprint density at radius 2 is 1.84 bits per heavy atom. The summed E-state index contributed by atoms with van der Waals surface area (Å²) in [5.74, 6) is 0.823. The molecule has 168 valence electrons. The van der Waals surface area contributed by atoms with Gasteiger partial charge in [-0.3, -0.25) is 9.59 Å². The van der Waals surface area contributed by atoms with E-state index in [9.17, 15) is 9.59 Å². The van der Waals surface area contributed by atoms with Crippen LogP contribution in [0.15, 0.2) is 43.0 Å². The maximum absolute atomic E-state index is 13.4. The highest BCUT2D eigenvalue weighted by molar-refractivity contribution is 6.01. The molecule has 2 aliphatic rings. The molecular formula is C26H32N4O2. The van der Waals surface area contributed by atoms with Crippen molar-refractivity contribution in [3.8, 4) is 0 Å². The summed E-state index contributed by atoms with van der Waals surface area (Å²) >= 11 is 0. The van der Waals surface area contributed by atoms with E-state index in [0.29, 0.717) is 23.0 Å². The lowest BCUT2D eigenvalue weighted by molar-refractivity contribution is 0.0712. The molecule has 32 heavy (non-hydrogen) atoms.